The summed E-state index contributed by atoms with van der Waals surface area (Å²) in [5.41, 5.74) is 4.55. The Kier molecular flexibility index (Phi) is 9.89. The van der Waals surface area contributed by atoms with E-state index in [4.69, 9.17) is 19.2 Å². The average Bonchev–Trinajstić information content (AvgIpc) is 3.43. The van der Waals surface area contributed by atoms with Crippen molar-refractivity contribution in [3.05, 3.63) is 119 Å². The zero-order valence-electron chi connectivity index (χ0n) is 25.6. The predicted octanol–water partition coefficient (Wildman–Crippen LogP) is 7.56. The van der Waals surface area contributed by atoms with E-state index in [1.807, 2.05) is 41.0 Å². The summed E-state index contributed by atoms with van der Waals surface area (Å²) in [6.45, 7) is 2.12. The minimum atomic E-state index is -4.55. The Balaban J connectivity index is 1.70. The molecule has 0 saturated heterocycles. The second-order valence-corrected chi connectivity index (χ2v) is 10.7. The van der Waals surface area contributed by atoms with Crippen LogP contribution in [0.3, 0.4) is 0 Å². The van der Waals surface area contributed by atoms with Gasteiger partial charge in [0.2, 0.25) is 0 Å². The van der Waals surface area contributed by atoms with Crippen LogP contribution in [0.25, 0.3) is 33.9 Å². The van der Waals surface area contributed by atoms with Crippen molar-refractivity contribution in [3.63, 3.8) is 0 Å². The Morgan fingerprint density at radius 3 is 2.09 bits per heavy atom. The van der Waals surface area contributed by atoms with Gasteiger partial charge in [-0.05, 0) is 78.2 Å². The molecule has 0 amide bonds. The summed E-state index contributed by atoms with van der Waals surface area (Å²) in [4.78, 5) is 17.4. The van der Waals surface area contributed by atoms with Crippen LogP contribution in [0.5, 0.6) is 5.75 Å². The number of rotatable bonds is 11. The summed E-state index contributed by atoms with van der Waals surface area (Å²) in [5, 5.41) is 9.61. The van der Waals surface area contributed by atoms with E-state index in [1.54, 1.807) is 56.5 Å². The minimum absolute atomic E-state index is 0.124. The molecule has 7 nitrogen and oxygen atoms in total. The first-order valence-corrected chi connectivity index (χ1v) is 14.5. The number of hydrogen-bond acceptors (Lipinski definition) is 6. The lowest BCUT2D eigenvalue weighted by Gasteiger charge is -2.16. The highest BCUT2D eigenvalue weighted by Crippen LogP contribution is 2.39. The highest BCUT2D eigenvalue weighted by Gasteiger charge is 2.32. The second-order valence-electron chi connectivity index (χ2n) is 10.7. The first kappa shape index (κ1) is 32.5. The highest BCUT2D eigenvalue weighted by molar-refractivity contribution is 5.89. The summed E-state index contributed by atoms with van der Waals surface area (Å²) in [6, 6.07) is 25.4. The quantitative estimate of drug-likeness (QED) is 0.120. The number of aliphatic hydroxyl groups excluding tert-OH is 1. The Hall–Kier alpha value is -4.93. The standard InChI is InChI=1S/C36H33F3N2O5/c1-23-18-29(20-30(19-23)36(37,38)39)34-40-32(26-8-6-25(22-42)7-9-26)33(27-12-14-31(45-3)15-13-27)41(34)21-24-4-10-28(11-5-24)35(43)46-17-16-44-2/h4-15,18-20,42H,16-17,21-22H2,1-3H3. The number of hydrogen-bond donors (Lipinski definition) is 1. The largest absolute Gasteiger partial charge is 0.497 e. The molecular formula is C36H33F3N2O5. The molecule has 5 rings (SSSR count). The number of methoxy groups -OCH3 is 2. The maximum absolute atomic E-state index is 14.0. The van der Waals surface area contributed by atoms with Crippen molar-refractivity contribution in [2.45, 2.75) is 26.3 Å². The number of halogens is 3. The summed E-state index contributed by atoms with van der Waals surface area (Å²) in [5.74, 6) is 0.494. The summed E-state index contributed by atoms with van der Waals surface area (Å²) < 4.78 is 59.3. The maximum atomic E-state index is 14.0. The molecule has 1 aromatic heterocycles. The van der Waals surface area contributed by atoms with Crippen molar-refractivity contribution in [1.82, 2.24) is 9.55 Å². The third kappa shape index (κ3) is 7.30. The molecule has 4 aromatic carbocycles. The molecule has 1 heterocycles. The Bertz CT molecular complexity index is 1800. The summed E-state index contributed by atoms with van der Waals surface area (Å²) in [7, 11) is 3.09. The van der Waals surface area contributed by atoms with E-state index in [2.05, 4.69) is 0 Å². The monoisotopic (exact) mass is 630 g/mol. The molecule has 0 bridgehead atoms. The van der Waals surface area contributed by atoms with Crippen LogP contribution in [0.2, 0.25) is 0 Å². The number of nitrogens with zero attached hydrogens (tertiary/aromatic N) is 2. The van der Waals surface area contributed by atoms with Crippen molar-refractivity contribution in [2.24, 2.45) is 0 Å². The van der Waals surface area contributed by atoms with Gasteiger partial charge in [-0.25, -0.2) is 9.78 Å². The third-order valence-corrected chi connectivity index (χ3v) is 7.45. The SMILES string of the molecule is COCCOC(=O)c1ccc(Cn2c(-c3cc(C)cc(C(F)(F)F)c3)nc(-c3ccc(CO)cc3)c2-c2ccc(OC)cc2)cc1. The molecule has 10 heteroatoms. The number of ether oxygens (including phenoxy) is 3. The van der Waals surface area contributed by atoms with Gasteiger partial charge in [0.05, 0.1) is 42.8 Å². The van der Waals surface area contributed by atoms with E-state index in [1.165, 1.54) is 7.11 Å². The molecule has 0 fully saturated rings. The molecule has 5 aromatic rings. The van der Waals surface area contributed by atoms with Gasteiger partial charge < -0.3 is 23.9 Å². The highest BCUT2D eigenvalue weighted by atomic mass is 19.4. The van der Waals surface area contributed by atoms with Crippen LogP contribution in [0, 0.1) is 6.92 Å². The zero-order valence-corrected chi connectivity index (χ0v) is 25.6. The van der Waals surface area contributed by atoms with E-state index >= 15 is 0 Å². The molecular weight excluding hydrogens is 597 g/mol. The van der Waals surface area contributed by atoms with Crippen LogP contribution >= 0.6 is 0 Å². The van der Waals surface area contributed by atoms with Crippen molar-refractivity contribution < 1.29 is 37.3 Å². The topological polar surface area (TPSA) is 82.8 Å². The maximum Gasteiger partial charge on any atom is 0.416 e. The van der Waals surface area contributed by atoms with Crippen molar-refractivity contribution in [3.8, 4) is 39.7 Å². The fraction of sp³-hybridized carbons (Fsp3) is 0.222. The second kappa shape index (κ2) is 14.0. The fourth-order valence-corrected chi connectivity index (χ4v) is 5.14. The van der Waals surface area contributed by atoms with Crippen LogP contribution in [-0.2, 0) is 28.8 Å². The van der Waals surface area contributed by atoms with Gasteiger partial charge in [0.1, 0.15) is 18.2 Å². The number of alkyl halides is 3. The summed E-state index contributed by atoms with van der Waals surface area (Å²) >= 11 is 0. The van der Waals surface area contributed by atoms with Crippen LogP contribution in [0.1, 0.15) is 32.6 Å². The molecule has 0 aliphatic rings. The van der Waals surface area contributed by atoms with E-state index < -0.39 is 17.7 Å². The number of imidazole rings is 1. The van der Waals surface area contributed by atoms with Gasteiger partial charge in [-0.3, -0.25) is 0 Å². The molecule has 0 radical (unpaired) electrons. The number of aliphatic hydroxyl groups is 1. The first-order chi connectivity index (χ1) is 22.1. The van der Waals surface area contributed by atoms with Crippen molar-refractivity contribution in [1.29, 1.82) is 0 Å². The Labute approximate surface area is 264 Å². The van der Waals surface area contributed by atoms with Crippen molar-refractivity contribution in [2.75, 3.05) is 27.4 Å². The fourth-order valence-electron chi connectivity index (χ4n) is 5.14. The van der Waals surface area contributed by atoms with E-state index in [9.17, 15) is 23.1 Å². The van der Waals surface area contributed by atoms with Gasteiger partial charge >= 0.3 is 12.1 Å². The van der Waals surface area contributed by atoms with E-state index in [0.717, 1.165) is 28.8 Å². The Morgan fingerprint density at radius 2 is 1.48 bits per heavy atom. The Morgan fingerprint density at radius 1 is 0.826 bits per heavy atom. The molecule has 0 unspecified atom stereocenters. The van der Waals surface area contributed by atoms with Crippen LogP contribution in [0.15, 0.2) is 91.0 Å². The molecule has 238 valence electrons. The normalized spacial score (nSPS) is 11.5. The van der Waals surface area contributed by atoms with Gasteiger partial charge in [0.25, 0.3) is 0 Å². The predicted molar refractivity (Wildman–Crippen MR) is 168 cm³/mol. The van der Waals surface area contributed by atoms with Gasteiger partial charge in [0, 0.05) is 30.3 Å². The summed E-state index contributed by atoms with van der Waals surface area (Å²) in [6.07, 6.45) is -4.55. The lowest BCUT2D eigenvalue weighted by Crippen LogP contribution is -2.10. The molecule has 0 aliphatic carbocycles. The molecule has 0 spiro atoms. The minimum Gasteiger partial charge on any atom is -0.497 e. The number of aromatic nitrogens is 2. The molecule has 0 aliphatic heterocycles. The third-order valence-electron chi connectivity index (χ3n) is 7.45. The van der Waals surface area contributed by atoms with Gasteiger partial charge in [-0.2, -0.15) is 13.2 Å². The van der Waals surface area contributed by atoms with Gasteiger partial charge in [0.15, 0.2) is 0 Å². The molecule has 0 atom stereocenters. The molecule has 0 saturated carbocycles. The van der Waals surface area contributed by atoms with Gasteiger partial charge in [-0.1, -0.05) is 36.4 Å². The van der Waals surface area contributed by atoms with Crippen LogP contribution in [-0.4, -0.2) is 48.1 Å². The van der Waals surface area contributed by atoms with E-state index in [-0.39, 0.29) is 26.4 Å². The number of aryl methyl sites for hydroxylation is 1. The number of carbonyl (C=O) groups excluding carboxylic acids is 1. The van der Waals surface area contributed by atoms with Crippen LogP contribution in [0.4, 0.5) is 13.2 Å². The smallest absolute Gasteiger partial charge is 0.416 e. The molecule has 1 N–H and O–H groups in total. The van der Waals surface area contributed by atoms with Gasteiger partial charge in [-0.15, -0.1) is 0 Å². The lowest BCUT2D eigenvalue weighted by atomic mass is 10.0. The lowest BCUT2D eigenvalue weighted by molar-refractivity contribution is -0.137. The number of esters is 1. The number of benzene rings is 4. The number of carbonyl (C=O) groups is 1. The van der Waals surface area contributed by atoms with E-state index in [0.29, 0.717) is 45.2 Å². The average molecular weight is 631 g/mol. The molecule has 46 heavy (non-hydrogen) atoms. The zero-order chi connectivity index (χ0) is 32.8. The first-order valence-electron chi connectivity index (χ1n) is 14.5. The van der Waals surface area contributed by atoms with Crippen molar-refractivity contribution >= 4 is 5.97 Å². The van der Waals surface area contributed by atoms with Crippen LogP contribution < -0.4 is 4.74 Å².